The number of rotatable bonds is 6. The number of amides is 1. The zero-order chi connectivity index (χ0) is 24.5. The second kappa shape index (κ2) is 11.6. The third-order valence-electron chi connectivity index (χ3n) is 4.84. The summed E-state index contributed by atoms with van der Waals surface area (Å²) in [5, 5.41) is 11.6. The third-order valence-corrected chi connectivity index (χ3v) is 4.84. The van der Waals surface area contributed by atoms with Gasteiger partial charge in [0.15, 0.2) is 0 Å². The highest BCUT2D eigenvalue weighted by Gasteiger charge is 2.13. The predicted molar refractivity (Wildman–Crippen MR) is 132 cm³/mol. The van der Waals surface area contributed by atoms with Gasteiger partial charge in [0.05, 0.1) is 11.8 Å². The third kappa shape index (κ3) is 6.39. The van der Waals surface area contributed by atoms with Gasteiger partial charge in [-0.25, -0.2) is 9.97 Å². The standard InChI is InChI=1S/C17H18N6O2.C8H10O/c1-10-8-11(4-5-12(10)16(24)23(2)3)21-17-20-9-13(14(18)22-17)15-19-6-7-25-15;9-7-6-8-4-2-1-3-5-8/h4-9H,1-3H3,(H3,18,20,21,22);1-5,9H,6-7H2. The maximum Gasteiger partial charge on any atom is 0.253 e. The minimum absolute atomic E-state index is 0.0418. The predicted octanol–water partition coefficient (Wildman–Crippen LogP) is 3.69. The topological polar surface area (TPSA) is 130 Å². The fourth-order valence-corrected chi connectivity index (χ4v) is 3.10. The van der Waals surface area contributed by atoms with E-state index in [1.807, 2.05) is 43.3 Å². The normalized spacial score (nSPS) is 10.2. The van der Waals surface area contributed by atoms with Crippen molar-refractivity contribution in [1.29, 1.82) is 0 Å². The molecule has 0 saturated carbocycles. The molecule has 0 aliphatic carbocycles. The second-order valence-corrected chi connectivity index (χ2v) is 7.64. The lowest BCUT2D eigenvalue weighted by Crippen LogP contribution is -2.22. The Balaban J connectivity index is 0.000000302. The molecule has 0 saturated heterocycles. The molecule has 0 bridgehead atoms. The molecule has 4 aromatic rings. The number of nitrogens with one attached hydrogen (secondary N) is 1. The van der Waals surface area contributed by atoms with E-state index < -0.39 is 0 Å². The Hall–Kier alpha value is -4.24. The van der Waals surface area contributed by atoms with Crippen molar-refractivity contribution in [2.45, 2.75) is 13.3 Å². The van der Waals surface area contributed by atoms with E-state index in [2.05, 4.69) is 20.3 Å². The molecule has 0 unspecified atom stereocenters. The molecule has 0 spiro atoms. The number of aryl methyl sites for hydroxylation is 1. The lowest BCUT2D eigenvalue weighted by molar-refractivity contribution is 0.0827. The number of anilines is 3. The van der Waals surface area contributed by atoms with Crippen LogP contribution in [0.15, 0.2) is 71.6 Å². The number of carbonyl (C=O) groups is 1. The zero-order valence-electron chi connectivity index (χ0n) is 19.4. The van der Waals surface area contributed by atoms with Gasteiger partial charge < -0.3 is 25.5 Å². The Bertz CT molecular complexity index is 1210. The van der Waals surface area contributed by atoms with Gasteiger partial charge in [0.2, 0.25) is 11.8 Å². The first-order valence-electron chi connectivity index (χ1n) is 10.7. The van der Waals surface area contributed by atoms with Crippen LogP contribution >= 0.6 is 0 Å². The number of aliphatic hydroxyl groups excluding tert-OH is 1. The van der Waals surface area contributed by atoms with Gasteiger partial charge in [0.1, 0.15) is 12.1 Å². The molecule has 176 valence electrons. The Labute approximate surface area is 198 Å². The SMILES string of the molecule is Cc1cc(Nc2ncc(-c3ncco3)c(N)n2)ccc1C(=O)N(C)C.OCCc1ccccc1. The Kier molecular flexibility index (Phi) is 8.31. The number of hydrogen-bond acceptors (Lipinski definition) is 8. The van der Waals surface area contributed by atoms with Crippen LogP contribution in [0.1, 0.15) is 21.5 Å². The molecule has 34 heavy (non-hydrogen) atoms. The molecule has 0 aliphatic rings. The van der Waals surface area contributed by atoms with Crippen molar-refractivity contribution in [3.63, 3.8) is 0 Å². The van der Waals surface area contributed by atoms with Gasteiger partial charge >= 0.3 is 0 Å². The van der Waals surface area contributed by atoms with Gasteiger partial charge in [-0.1, -0.05) is 30.3 Å². The van der Waals surface area contributed by atoms with Crippen LogP contribution in [0.5, 0.6) is 0 Å². The average molecular weight is 461 g/mol. The number of nitrogens with zero attached hydrogens (tertiary/aromatic N) is 4. The van der Waals surface area contributed by atoms with Crippen LogP contribution in [0.3, 0.4) is 0 Å². The Morgan fingerprint density at radius 3 is 2.50 bits per heavy atom. The molecule has 0 fully saturated rings. The van der Waals surface area contributed by atoms with E-state index >= 15 is 0 Å². The van der Waals surface area contributed by atoms with E-state index in [0.717, 1.165) is 17.7 Å². The maximum absolute atomic E-state index is 12.1. The average Bonchev–Trinajstić information content (AvgIpc) is 3.35. The number of oxazole rings is 1. The fourth-order valence-electron chi connectivity index (χ4n) is 3.10. The fraction of sp³-hybridized carbons (Fsp3) is 0.200. The second-order valence-electron chi connectivity index (χ2n) is 7.64. The van der Waals surface area contributed by atoms with Crippen molar-refractivity contribution < 1.29 is 14.3 Å². The summed E-state index contributed by atoms with van der Waals surface area (Å²) in [6, 6.07) is 15.4. The summed E-state index contributed by atoms with van der Waals surface area (Å²) in [7, 11) is 3.44. The largest absolute Gasteiger partial charge is 0.444 e. The first kappa shape index (κ1) is 24.4. The number of nitrogen functional groups attached to an aromatic ring is 1. The van der Waals surface area contributed by atoms with Crippen molar-refractivity contribution in [1.82, 2.24) is 19.9 Å². The summed E-state index contributed by atoms with van der Waals surface area (Å²) in [4.78, 5) is 26.1. The minimum Gasteiger partial charge on any atom is -0.444 e. The summed E-state index contributed by atoms with van der Waals surface area (Å²) in [5.41, 5.74) is 9.94. The number of aromatic nitrogens is 3. The first-order chi connectivity index (χ1) is 16.4. The maximum atomic E-state index is 12.1. The highest BCUT2D eigenvalue weighted by Crippen LogP contribution is 2.24. The van der Waals surface area contributed by atoms with Crippen LogP contribution in [0, 0.1) is 6.92 Å². The smallest absolute Gasteiger partial charge is 0.253 e. The summed E-state index contributed by atoms with van der Waals surface area (Å²) in [6.07, 6.45) is 5.30. The minimum atomic E-state index is -0.0418. The molecule has 2 heterocycles. The molecular weight excluding hydrogens is 432 g/mol. The number of nitrogens with two attached hydrogens (primary N) is 1. The van der Waals surface area contributed by atoms with Crippen LogP contribution in [-0.2, 0) is 6.42 Å². The molecule has 1 amide bonds. The summed E-state index contributed by atoms with van der Waals surface area (Å²) >= 11 is 0. The summed E-state index contributed by atoms with van der Waals surface area (Å²) in [6.45, 7) is 2.12. The quantitative estimate of drug-likeness (QED) is 0.397. The van der Waals surface area contributed by atoms with E-state index in [1.54, 1.807) is 37.3 Å². The molecule has 0 radical (unpaired) electrons. The van der Waals surface area contributed by atoms with E-state index in [9.17, 15) is 4.79 Å². The van der Waals surface area contributed by atoms with Gasteiger partial charge in [-0.05, 0) is 42.7 Å². The monoisotopic (exact) mass is 460 g/mol. The highest BCUT2D eigenvalue weighted by atomic mass is 16.3. The van der Waals surface area contributed by atoms with E-state index in [4.69, 9.17) is 15.3 Å². The van der Waals surface area contributed by atoms with Crippen molar-refractivity contribution in [2.75, 3.05) is 31.8 Å². The van der Waals surface area contributed by atoms with Gasteiger partial charge in [-0.2, -0.15) is 4.98 Å². The Morgan fingerprint density at radius 2 is 1.91 bits per heavy atom. The van der Waals surface area contributed by atoms with Gasteiger partial charge in [0.25, 0.3) is 5.91 Å². The van der Waals surface area contributed by atoms with Crippen LogP contribution in [0.25, 0.3) is 11.5 Å². The number of carbonyl (C=O) groups excluding carboxylic acids is 1. The highest BCUT2D eigenvalue weighted by molar-refractivity contribution is 5.95. The van der Waals surface area contributed by atoms with Crippen molar-refractivity contribution in [3.8, 4) is 11.5 Å². The lowest BCUT2D eigenvalue weighted by Gasteiger charge is -2.14. The number of aliphatic hydroxyl groups is 1. The summed E-state index contributed by atoms with van der Waals surface area (Å²) < 4.78 is 5.20. The molecule has 4 N–H and O–H groups in total. The van der Waals surface area contributed by atoms with E-state index in [-0.39, 0.29) is 18.3 Å². The number of benzene rings is 2. The molecule has 9 heteroatoms. The van der Waals surface area contributed by atoms with Crippen molar-refractivity contribution >= 4 is 23.4 Å². The molecule has 0 aliphatic heterocycles. The van der Waals surface area contributed by atoms with Crippen LogP contribution < -0.4 is 11.1 Å². The van der Waals surface area contributed by atoms with Crippen LogP contribution in [0.2, 0.25) is 0 Å². The van der Waals surface area contributed by atoms with Gasteiger partial charge in [-0.3, -0.25) is 4.79 Å². The molecular formula is C25H28N6O3. The molecule has 2 aromatic heterocycles. The van der Waals surface area contributed by atoms with E-state index in [1.165, 1.54) is 18.0 Å². The first-order valence-corrected chi connectivity index (χ1v) is 10.7. The van der Waals surface area contributed by atoms with Gasteiger partial charge in [0, 0.05) is 38.1 Å². The summed E-state index contributed by atoms with van der Waals surface area (Å²) in [5.74, 6) is 0.932. The van der Waals surface area contributed by atoms with E-state index in [0.29, 0.717) is 23.0 Å². The zero-order valence-corrected chi connectivity index (χ0v) is 19.4. The van der Waals surface area contributed by atoms with Gasteiger partial charge in [-0.15, -0.1) is 0 Å². The molecule has 9 nitrogen and oxygen atoms in total. The Morgan fingerprint density at radius 1 is 1.15 bits per heavy atom. The molecule has 4 rings (SSSR count). The molecule has 0 atom stereocenters. The van der Waals surface area contributed by atoms with Crippen molar-refractivity contribution in [2.24, 2.45) is 0 Å². The van der Waals surface area contributed by atoms with Crippen LogP contribution in [0.4, 0.5) is 17.5 Å². The molecule has 2 aromatic carbocycles. The lowest BCUT2D eigenvalue weighted by atomic mass is 10.1. The van der Waals surface area contributed by atoms with Crippen molar-refractivity contribution in [3.05, 3.63) is 83.9 Å². The van der Waals surface area contributed by atoms with Crippen LogP contribution in [-0.4, -0.2) is 51.6 Å². The number of hydrogen-bond donors (Lipinski definition) is 3.